The topological polar surface area (TPSA) is 235 Å². The van der Waals surface area contributed by atoms with Gasteiger partial charge < -0.3 is 45.2 Å². The summed E-state index contributed by atoms with van der Waals surface area (Å²) in [5, 5.41) is 53.8. The molecule has 1 rings (SSSR count). The summed E-state index contributed by atoms with van der Waals surface area (Å²) >= 11 is 0. The number of rotatable bonds is 9. The second kappa shape index (κ2) is 11.9. The molecule has 0 unspecified atom stereocenters. The van der Waals surface area contributed by atoms with Gasteiger partial charge in [-0.1, -0.05) is 0 Å². The molecule has 160 valence electrons. The van der Waals surface area contributed by atoms with Crippen LogP contribution in [0.15, 0.2) is 6.20 Å². The van der Waals surface area contributed by atoms with Crippen molar-refractivity contribution in [3.05, 3.63) is 23.0 Å². The van der Waals surface area contributed by atoms with Crippen LogP contribution >= 0.6 is 7.82 Å². The second-order valence-electron chi connectivity index (χ2n) is 5.33. The highest BCUT2D eigenvalue weighted by molar-refractivity contribution is 7.46. The number of aromatic nitrogens is 1. The fraction of sp³-hybridized carbons (Fsp3) is 0.500. The van der Waals surface area contributed by atoms with E-state index in [-0.39, 0.29) is 24.2 Å². The molecule has 8 N–H and O–H groups in total. The summed E-state index contributed by atoms with van der Waals surface area (Å²) in [4.78, 5) is 41.3. The van der Waals surface area contributed by atoms with Crippen LogP contribution in [0.3, 0.4) is 0 Å². The van der Waals surface area contributed by atoms with Crippen LogP contribution in [0.5, 0.6) is 5.75 Å². The molecule has 0 saturated heterocycles. The monoisotopic (exact) mass is 427 g/mol. The Bertz CT molecular complexity index is 693. The number of hydrogen-bond donors (Lipinski definition) is 8. The maximum absolute atomic E-state index is 10.5. The van der Waals surface area contributed by atoms with Crippen molar-refractivity contribution >= 4 is 20.4 Å². The molecular formula is C14H22NO12P. The molecule has 1 aromatic heterocycles. The van der Waals surface area contributed by atoms with Gasteiger partial charge in [0.1, 0.15) is 24.1 Å². The van der Waals surface area contributed by atoms with E-state index in [1.54, 1.807) is 6.92 Å². The summed E-state index contributed by atoms with van der Waals surface area (Å²) in [5.74, 6) is -0.156. The minimum Gasteiger partial charge on any atom is -0.505 e. The smallest absolute Gasteiger partial charge is 0.470 e. The lowest BCUT2D eigenvalue weighted by Gasteiger charge is -2.25. The van der Waals surface area contributed by atoms with Crippen LogP contribution in [0.1, 0.15) is 21.6 Å². The quantitative estimate of drug-likeness (QED) is 0.146. The van der Waals surface area contributed by atoms with Gasteiger partial charge in [-0.3, -0.25) is 14.3 Å². The van der Waals surface area contributed by atoms with Crippen LogP contribution in [-0.4, -0.2) is 89.0 Å². The van der Waals surface area contributed by atoms with Gasteiger partial charge in [0.25, 0.3) is 0 Å². The Hall–Kier alpha value is -1.80. The molecule has 0 bridgehead atoms. The van der Waals surface area contributed by atoms with Crippen molar-refractivity contribution in [3.8, 4) is 5.75 Å². The standard InChI is InChI=1S/C8H9NO3.C6H13O9P/c1-5-8(12)7(4-11)6(3-10)2-9-5;7-1-3(9)5(10)6(11)4(2-8)15-16(12,13)14/h2,4,10,12H,3H2,1H3;2-7,9-11H,1H2,(H2,12,13,14)/t;3-,4+,5-,6-/m.1/s1. The zero-order chi connectivity index (χ0) is 22.1. The number of aromatic hydroxyl groups is 1. The molecule has 0 amide bonds. The number of hydrogen-bond acceptors (Lipinski definition) is 11. The number of carbonyl (C=O) groups excluding carboxylic acids is 2. The number of aryl methyl sites for hydroxylation is 1. The minimum atomic E-state index is -5.02. The third-order valence-corrected chi connectivity index (χ3v) is 3.83. The van der Waals surface area contributed by atoms with E-state index >= 15 is 0 Å². The number of aliphatic hydroxyl groups excluding tert-OH is 5. The lowest BCUT2D eigenvalue weighted by molar-refractivity contribution is -0.135. The van der Waals surface area contributed by atoms with Crippen LogP contribution in [-0.2, 0) is 20.5 Å². The van der Waals surface area contributed by atoms with E-state index in [2.05, 4.69) is 9.51 Å². The van der Waals surface area contributed by atoms with Gasteiger partial charge in [-0.05, 0) is 6.92 Å². The highest BCUT2D eigenvalue weighted by Gasteiger charge is 2.35. The van der Waals surface area contributed by atoms with Gasteiger partial charge in [-0.25, -0.2) is 4.57 Å². The van der Waals surface area contributed by atoms with Crippen LogP contribution < -0.4 is 0 Å². The maximum Gasteiger partial charge on any atom is 0.470 e. The summed E-state index contributed by atoms with van der Waals surface area (Å²) < 4.78 is 14.2. The summed E-state index contributed by atoms with van der Waals surface area (Å²) in [6.45, 7) is 0.387. The number of nitrogens with zero attached hydrogens (tertiary/aromatic N) is 1. The fourth-order valence-electron chi connectivity index (χ4n) is 1.77. The molecule has 1 aromatic rings. The Morgan fingerprint density at radius 3 is 2.14 bits per heavy atom. The molecule has 0 aromatic carbocycles. The molecule has 14 heteroatoms. The van der Waals surface area contributed by atoms with E-state index < -0.39 is 38.8 Å². The predicted molar refractivity (Wildman–Crippen MR) is 90.0 cm³/mol. The van der Waals surface area contributed by atoms with E-state index in [1.165, 1.54) is 6.20 Å². The van der Waals surface area contributed by atoms with E-state index in [1.807, 2.05) is 0 Å². The third kappa shape index (κ3) is 8.06. The molecule has 0 aliphatic carbocycles. The van der Waals surface area contributed by atoms with Gasteiger partial charge in [0.05, 0.1) is 24.5 Å². The molecule has 4 atom stereocenters. The first-order valence-electron chi connectivity index (χ1n) is 7.51. The number of phosphoric ester groups is 1. The highest BCUT2D eigenvalue weighted by Crippen LogP contribution is 2.38. The molecule has 0 fully saturated rings. The van der Waals surface area contributed by atoms with Crippen molar-refractivity contribution in [2.24, 2.45) is 0 Å². The number of carbonyl (C=O) groups is 2. The molecule has 1 heterocycles. The number of phosphoric acid groups is 1. The Kier molecular flexibility index (Phi) is 11.1. The van der Waals surface area contributed by atoms with E-state index in [0.29, 0.717) is 17.5 Å². The normalized spacial score (nSPS) is 15.6. The van der Waals surface area contributed by atoms with E-state index in [4.69, 9.17) is 30.2 Å². The number of aliphatic hydroxyl groups is 5. The molecular weight excluding hydrogens is 405 g/mol. The van der Waals surface area contributed by atoms with E-state index in [0.717, 1.165) is 0 Å². The summed E-state index contributed by atoms with van der Waals surface area (Å²) in [6, 6.07) is 0. The fourth-order valence-corrected chi connectivity index (χ4v) is 2.26. The maximum atomic E-state index is 10.5. The largest absolute Gasteiger partial charge is 0.505 e. The first kappa shape index (κ1) is 26.2. The van der Waals surface area contributed by atoms with Crippen molar-refractivity contribution < 1.29 is 59.1 Å². The lowest BCUT2D eigenvalue weighted by Crippen LogP contribution is -2.47. The summed E-state index contributed by atoms with van der Waals surface area (Å²) in [7, 11) is -5.02. The zero-order valence-corrected chi connectivity index (χ0v) is 15.5. The average Bonchev–Trinajstić information content (AvgIpc) is 2.65. The molecule has 0 saturated carbocycles. The van der Waals surface area contributed by atoms with Crippen molar-refractivity contribution in [1.82, 2.24) is 4.98 Å². The number of aldehydes is 2. The first-order chi connectivity index (χ1) is 12.9. The third-order valence-electron chi connectivity index (χ3n) is 3.31. The zero-order valence-electron chi connectivity index (χ0n) is 14.6. The van der Waals surface area contributed by atoms with Crippen LogP contribution in [0.2, 0.25) is 0 Å². The summed E-state index contributed by atoms with van der Waals surface area (Å²) in [6.07, 6.45) is -6.10. The average molecular weight is 427 g/mol. The van der Waals surface area contributed by atoms with Gasteiger partial charge in [0, 0.05) is 11.8 Å². The lowest BCUT2D eigenvalue weighted by atomic mass is 10.0. The molecule has 0 aliphatic heterocycles. The minimum absolute atomic E-state index is 0.116. The van der Waals surface area contributed by atoms with Crippen molar-refractivity contribution in [2.75, 3.05) is 6.61 Å². The van der Waals surface area contributed by atoms with Gasteiger partial charge in [0.15, 0.2) is 18.7 Å². The van der Waals surface area contributed by atoms with Crippen molar-refractivity contribution in [3.63, 3.8) is 0 Å². The molecule has 13 nitrogen and oxygen atoms in total. The second-order valence-corrected chi connectivity index (χ2v) is 6.53. The van der Waals surface area contributed by atoms with Crippen LogP contribution in [0.25, 0.3) is 0 Å². The van der Waals surface area contributed by atoms with Gasteiger partial charge in [-0.15, -0.1) is 0 Å². The Balaban J connectivity index is 0.000000540. The molecule has 0 aliphatic rings. The Labute approximate surface area is 158 Å². The Morgan fingerprint density at radius 1 is 1.18 bits per heavy atom. The first-order valence-corrected chi connectivity index (χ1v) is 9.04. The van der Waals surface area contributed by atoms with Gasteiger partial charge >= 0.3 is 7.82 Å². The van der Waals surface area contributed by atoms with Gasteiger partial charge in [-0.2, -0.15) is 0 Å². The van der Waals surface area contributed by atoms with Crippen molar-refractivity contribution in [1.29, 1.82) is 0 Å². The van der Waals surface area contributed by atoms with E-state index in [9.17, 15) is 24.4 Å². The van der Waals surface area contributed by atoms with Crippen LogP contribution in [0, 0.1) is 6.92 Å². The molecule has 28 heavy (non-hydrogen) atoms. The highest BCUT2D eigenvalue weighted by atomic mass is 31.2. The van der Waals surface area contributed by atoms with Crippen molar-refractivity contribution in [2.45, 2.75) is 37.9 Å². The van der Waals surface area contributed by atoms with Crippen LogP contribution in [0.4, 0.5) is 0 Å². The molecule has 0 spiro atoms. The number of pyridine rings is 1. The molecule has 0 radical (unpaired) electrons. The SMILES string of the molecule is Cc1ncc(CO)c(C=O)c1O.O=C[C@H](OP(=O)(O)O)[C@@H](O)[C@H](O)[C@H](O)CO. The van der Waals surface area contributed by atoms with Gasteiger partial charge in [0.2, 0.25) is 0 Å². The predicted octanol–water partition coefficient (Wildman–Crippen LogP) is -2.86. The Morgan fingerprint density at radius 2 is 1.75 bits per heavy atom. The summed E-state index contributed by atoms with van der Waals surface area (Å²) in [5.41, 5.74) is 0.840.